The Balaban J connectivity index is 1.61. The molecule has 1 heterocycles. The summed E-state index contributed by atoms with van der Waals surface area (Å²) in [6, 6.07) is 16.8. The Labute approximate surface area is 203 Å². The van der Waals surface area contributed by atoms with Gasteiger partial charge in [0.05, 0.1) is 0 Å². The summed E-state index contributed by atoms with van der Waals surface area (Å²) >= 11 is 0. The number of likely N-dealkylation sites (tertiary alicyclic amines) is 1. The monoisotopic (exact) mass is 463 g/mol. The first-order chi connectivity index (χ1) is 16.4. The van der Waals surface area contributed by atoms with Crippen molar-refractivity contribution >= 4 is 17.7 Å². The molecule has 6 nitrogen and oxygen atoms in total. The SMILES string of the molecule is CC[C@H](C)NC(=O)[C@H](NC(=O)c1cccc(C)c1)C1CCN(C(=O)CCc2ccccc2)CC1. The van der Waals surface area contributed by atoms with Crippen LogP contribution in [0, 0.1) is 12.8 Å². The Morgan fingerprint density at radius 3 is 2.35 bits per heavy atom. The molecule has 34 heavy (non-hydrogen) atoms. The number of hydrogen-bond acceptors (Lipinski definition) is 3. The Kier molecular flexibility index (Phi) is 9.25. The van der Waals surface area contributed by atoms with E-state index in [0.717, 1.165) is 24.0 Å². The van der Waals surface area contributed by atoms with Crippen LogP contribution in [0.5, 0.6) is 0 Å². The molecule has 0 saturated carbocycles. The molecule has 0 aromatic heterocycles. The van der Waals surface area contributed by atoms with Crippen LogP contribution in [0.3, 0.4) is 0 Å². The van der Waals surface area contributed by atoms with Crippen molar-refractivity contribution in [2.45, 2.75) is 65.0 Å². The van der Waals surface area contributed by atoms with Crippen LogP contribution in [0.15, 0.2) is 54.6 Å². The highest BCUT2D eigenvalue weighted by atomic mass is 16.2. The fraction of sp³-hybridized carbons (Fsp3) is 0.464. The van der Waals surface area contributed by atoms with Gasteiger partial charge in [-0.3, -0.25) is 14.4 Å². The van der Waals surface area contributed by atoms with Crippen molar-refractivity contribution in [3.8, 4) is 0 Å². The molecule has 1 saturated heterocycles. The number of nitrogens with one attached hydrogen (secondary N) is 2. The summed E-state index contributed by atoms with van der Waals surface area (Å²) in [7, 11) is 0. The van der Waals surface area contributed by atoms with Crippen molar-refractivity contribution in [1.82, 2.24) is 15.5 Å². The summed E-state index contributed by atoms with van der Waals surface area (Å²) in [4.78, 5) is 40.7. The van der Waals surface area contributed by atoms with Crippen molar-refractivity contribution in [3.63, 3.8) is 0 Å². The van der Waals surface area contributed by atoms with Crippen molar-refractivity contribution < 1.29 is 14.4 Å². The zero-order valence-electron chi connectivity index (χ0n) is 20.5. The molecule has 0 bridgehead atoms. The van der Waals surface area contributed by atoms with Gasteiger partial charge in [0.2, 0.25) is 11.8 Å². The molecule has 2 atom stereocenters. The van der Waals surface area contributed by atoms with Crippen LogP contribution in [0.1, 0.15) is 61.0 Å². The molecule has 6 heteroatoms. The molecule has 0 radical (unpaired) electrons. The van der Waals surface area contributed by atoms with E-state index in [1.54, 1.807) is 6.07 Å². The molecule has 182 valence electrons. The number of carbonyl (C=O) groups is 3. The number of benzene rings is 2. The Bertz CT molecular complexity index is 968. The minimum absolute atomic E-state index is 0.0176. The van der Waals surface area contributed by atoms with Gasteiger partial charge >= 0.3 is 0 Å². The molecule has 3 rings (SSSR count). The number of hydrogen-bond donors (Lipinski definition) is 2. The largest absolute Gasteiger partial charge is 0.352 e. The third-order valence-electron chi connectivity index (χ3n) is 6.68. The van der Waals surface area contributed by atoms with Crippen LogP contribution >= 0.6 is 0 Å². The van der Waals surface area contributed by atoms with Gasteiger partial charge in [0.25, 0.3) is 5.91 Å². The Morgan fingerprint density at radius 2 is 1.71 bits per heavy atom. The van der Waals surface area contributed by atoms with E-state index in [2.05, 4.69) is 10.6 Å². The first kappa shape index (κ1) is 25.5. The van der Waals surface area contributed by atoms with E-state index in [-0.39, 0.29) is 29.7 Å². The van der Waals surface area contributed by atoms with E-state index < -0.39 is 6.04 Å². The van der Waals surface area contributed by atoms with E-state index in [4.69, 9.17) is 0 Å². The lowest BCUT2D eigenvalue weighted by Gasteiger charge is -2.36. The predicted molar refractivity (Wildman–Crippen MR) is 134 cm³/mol. The molecule has 1 fully saturated rings. The van der Waals surface area contributed by atoms with Crippen LogP contribution in [0.25, 0.3) is 0 Å². The Morgan fingerprint density at radius 1 is 1.00 bits per heavy atom. The molecular weight excluding hydrogens is 426 g/mol. The molecule has 0 spiro atoms. The molecular formula is C28H37N3O3. The Hall–Kier alpha value is -3.15. The smallest absolute Gasteiger partial charge is 0.251 e. The molecule has 0 unspecified atom stereocenters. The quantitative estimate of drug-likeness (QED) is 0.592. The predicted octanol–water partition coefficient (Wildman–Crippen LogP) is 3.88. The number of amides is 3. The highest BCUT2D eigenvalue weighted by molar-refractivity contribution is 5.97. The molecule has 2 aromatic rings. The average Bonchev–Trinajstić information content (AvgIpc) is 2.86. The van der Waals surface area contributed by atoms with Gasteiger partial charge in [-0.25, -0.2) is 0 Å². The number of nitrogens with zero attached hydrogens (tertiary/aromatic N) is 1. The number of piperidine rings is 1. The molecule has 1 aliphatic rings. The lowest BCUT2D eigenvalue weighted by atomic mass is 9.88. The average molecular weight is 464 g/mol. The van der Waals surface area contributed by atoms with Crippen LogP contribution in [0.4, 0.5) is 0 Å². The second-order valence-electron chi connectivity index (χ2n) is 9.34. The van der Waals surface area contributed by atoms with E-state index in [1.165, 1.54) is 0 Å². The summed E-state index contributed by atoms with van der Waals surface area (Å²) < 4.78 is 0. The molecule has 3 amide bonds. The topological polar surface area (TPSA) is 78.5 Å². The van der Waals surface area contributed by atoms with E-state index in [1.807, 2.05) is 74.2 Å². The third-order valence-corrected chi connectivity index (χ3v) is 6.68. The zero-order valence-corrected chi connectivity index (χ0v) is 20.5. The molecule has 0 aliphatic carbocycles. The zero-order chi connectivity index (χ0) is 24.5. The summed E-state index contributed by atoms with van der Waals surface area (Å²) in [5.74, 6) is -0.263. The van der Waals surface area contributed by atoms with Gasteiger partial charge in [-0.1, -0.05) is 55.0 Å². The summed E-state index contributed by atoms with van der Waals surface area (Å²) in [5.41, 5.74) is 2.71. The van der Waals surface area contributed by atoms with Crippen LogP contribution in [-0.4, -0.2) is 47.8 Å². The van der Waals surface area contributed by atoms with Crippen LogP contribution in [0.2, 0.25) is 0 Å². The van der Waals surface area contributed by atoms with Crippen molar-refractivity contribution in [2.75, 3.05) is 13.1 Å². The lowest BCUT2D eigenvalue weighted by molar-refractivity contribution is -0.133. The van der Waals surface area contributed by atoms with Gasteiger partial charge in [-0.2, -0.15) is 0 Å². The van der Waals surface area contributed by atoms with Gasteiger partial charge in [-0.15, -0.1) is 0 Å². The fourth-order valence-corrected chi connectivity index (χ4v) is 4.38. The van der Waals surface area contributed by atoms with E-state index in [0.29, 0.717) is 37.9 Å². The van der Waals surface area contributed by atoms with Crippen molar-refractivity contribution in [1.29, 1.82) is 0 Å². The normalized spacial score (nSPS) is 15.9. The fourth-order valence-electron chi connectivity index (χ4n) is 4.38. The second-order valence-corrected chi connectivity index (χ2v) is 9.34. The van der Waals surface area contributed by atoms with Crippen LogP contribution in [-0.2, 0) is 16.0 Å². The summed E-state index contributed by atoms with van der Waals surface area (Å²) in [6.45, 7) is 7.13. The van der Waals surface area contributed by atoms with Gasteiger partial charge in [0.1, 0.15) is 6.04 Å². The molecule has 1 aliphatic heterocycles. The molecule has 2 N–H and O–H groups in total. The maximum Gasteiger partial charge on any atom is 0.251 e. The molecule has 2 aromatic carbocycles. The van der Waals surface area contributed by atoms with Gasteiger partial charge in [0.15, 0.2) is 0 Å². The number of carbonyl (C=O) groups excluding carboxylic acids is 3. The third kappa shape index (κ3) is 7.17. The van der Waals surface area contributed by atoms with E-state index >= 15 is 0 Å². The lowest BCUT2D eigenvalue weighted by Crippen LogP contribution is -2.55. The van der Waals surface area contributed by atoms with Crippen molar-refractivity contribution in [2.24, 2.45) is 5.92 Å². The summed E-state index contributed by atoms with van der Waals surface area (Å²) in [6.07, 6.45) is 3.40. The maximum atomic E-state index is 13.1. The first-order valence-corrected chi connectivity index (χ1v) is 12.4. The standard InChI is InChI=1S/C28H37N3O3/c1-4-21(3)29-28(34)26(30-27(33)24-12-8-9-20(2)19-24)23-15-17-31(18-16-23)25(32)14-13-22-10-6-5-7-11-22/h5-12,19,21,23,26H,4,13-18H2,1-3H3,(H,29,34)(H,30,33)/t21-,26+/m0/s1. The summed E-state index contributed by atoms with van der Waals surface area (Å²) in [5, 5.41) is 6.03. The van der Waals surface area contributed by atoms with Gasteiger partial charge in [-0.05, 0) is 63.1 Å². The minimum Gasteiger partial charge on any atom is -0.352 e. The minimum atomic E-state index is -0.622. The first-order valence-electron chi connectivity index (χ1n) is 12.4. The maximum absolute atomic E-state index is 13.1. The van der Waals surface area contributed by atoms with E-state index in [9.17, 15) is 14.4 Å². The van der Waals surface area contributed by atoms with Gasteiger partial charge < -0.3 is 15.5 Å². The number of aryl methyl sites for hydroxylation is 2. The van der Waals surface area contributed by atoms with Gasteiger partial charge in [0, 0.05) is 31.1 Å². The highest BCUT2D eigenvalue weighted by Crippen LogP contribution is 2.23. The van der Waals surface area contributed by atoms with Crippen LogP contribution < -0.4 is 10.6 Å². The number of rotatable bonds is 9. The second kappa shape index (κ2) is 12.4. The van der Waals surface area contributed by atoms with Crippen molar-refractivity contribution in [3.05, 3.63) is 71.3 Å². The highest BCUT2D eigenvalue weighted by Gasteiger charge is 2.34.